The van der Waals surface area contributed by atoms with E-state index in [9.17, 15) is 19.2 Å². The van der Waals surface area contributed by atoms with Gasteiger partial charge in [0.25, 0.3) is 23.3 Å². The molecule has 0 saturated carbocycles. The minimum Gasteiger partial charge on any atom is -0.473 e. The number of unbranched alkanes of at least 4 members (excludes halogenated alkanes) is 3. The fourth-order valence-corrected chi connectivity index (χ4v) is 36.0. The van der Waals surface area contributed by atoms with Crippen molar-refractivity contribution < 1.29 is 23.9 Å². The maximum absolute atomic E-state index is 13.8. The fraction of sp³-hybridized carbons (Fsp3) is 0.407. The molecule has 3 amide bonds. The number of benzene rings is 5. The normalized spacial score (nSPS) is 12.9. The van der Waals surface area contributed by atoms with Gasteiger partial charge in [0.15, 0.2) is 0 Å². The van der Waals surface area contributed by atoms with E-state index in [4.69, 9.17) is 79.1 Å². The monoisotopic (exact) mass is 1920 g/mol. The summed E-state index contributed by atoms with van der Waals surface area (Å²) in [4.78, 5) is 70.3. The molecule has 0 aliphatic carbocycles. The summed E-state index contributed by atoms with van der Waals surface area (Å²) in [6.07, 6.45) is 9.96. The van der Waals surface area contributed by atoms with Crippen LogP contribution >= 0.6 is 85.5 Å². The van der Waals surface area contributed by atoms with Gasteiger partial charge in [-0.3, -0.25) is 19.2 Å². The van der Waals surface area contributed by atoms with Crippen LogP contribution in [0.5, 0.6) is 11.8 Å². The average molecular weight is 1920 g/mol. The van der Waals surface area contributed by atoms with Gasteiger partial charge in [0.1, 0.15) is 13.2 Å². The number of aromatic nitrogens is 12. The van der Waals surface area contributed by atoms with Crippen LogP contribution < -0.4 is 18.7 Å². The number of aromatic amines is 1. The van der Waals surface area contributed by atoms with Crippen molar-refractivity contribution in [1.82, 2.24) is 74.6 Å². The number of nitrogens with one attached hydrogen (secondary N) is 1. The van der Waals surface area contributed by atoms with E-state index in [0.29, 0.717) is 162 Å². The molecule has 21 nitrogen and oxygen atoms in total. The summed E-state index contributed by atoms with van der Waals surface area (Å²) in [5.74, 6) is 0.546. The van der Waals surface area contributed by atoms with Crippen LogP contribution in [0.3, 0.4) is 0 Å². The molecule has 120 heavy (non-hydrogen) atoms. The van der Waals surface area contributed by atoms with Gasteiger partial charge < -0.3 is 29.2 Å². The van der Waals surface area contributed by atoms with Crippen LogP contribution in [0.2, 0.25) is 43.4 Å². The van der Waals surface area contributed by atoms with E-state index < -0.39 is 18.4 Å². The van der Waals surface area contributed by atoms with E-state index in [1.807, 2.05) is 134 Å². The molecule has 14 rings (SSSR count). The average Bonchev–Trinajstić information content (AvgIpc) is 0.958. The van der Waals surface area contributed by atoms with Gasteiger partial charge in [-0.05, 0) is 171 Å². The number of H-pyrrole nitrogens is 1. The number of fused-ring (bicyclic) bond motifs is 3. The molecule has 0 radical (unpaired) electrons. The van der Waals surface area contributed by atoms with E-state index in [0.717, 1.165) is 78.4 Å². The summed E-state index contributed by atoms with van der Waals surface area (Å²) in [5.41, 5.74) is 18.6. The summed E-state index contributed by atoms with van der Waals surface area (Å²) < 4.78 is 24.3. The Hall–Kier alpha value is -8.20. The van der Waals surface area contributed by atoms with Gasteiger partial charge in [0.2, 0.25) is 11.8 Å². The van der Waals surface area contributed by atoms with Gasteiger partial charge in [-0.15, -0.1) is 10.2 Å². The molecule has 5 aromatic carbocycles. The second-order valence-electron chi connectivity index (χ2n) is 30.8. The topological polar surface area (TPSA) is 230 Å². The van der Waals surface area contributed by atoms with Crippen LogP contribution in [0.15, 0.2) is 106 Å². The standard InChI is InChI=1S/C28H27Cl2N5O2.C24H21BrCl2N2O2.C21H21Cl2N5O2.C4H6N3.3C4H9.2CH4.Sn/c1-16-12-17(2)31-27(37-15-19-8-6-5-7-9-19)22(16)14-35-11-10-20-23(29)13-21(25(30)24(20)28(35)36)26-18(3)32-33-34(26)4;1-14-10-15(2)28-23(31-13-16-6-4-3-5-7-16)18(14)12-29-9-8-17-20(26)11-19(25)22(27)21(17)24(29)30;1-10-7-11(2)24-20(29)15(10)9-28-6-5-13-16(22)8-14(18(23)17(13)21(28)30)19-12(3)25-26-27(19)4;1-4-3-7(2)6-5-4;3*1-3-4-2;;;/h5-9,12-13H,10-11,14-15H2,1-4H3;3-7,10-11H,8-9,12-13H2,1-2H3;7-8H,5-6,9H2,1-4H3,(H,24,29);1-2H3;3*1,3-4H2,2H3;2*1H4;. The number of hydrogen-bond donors (Lipinski definition) is 1. The number of amides is 3. The smallest absolute Gasteiger partial charge is 0.256 e. The third-order valence-corrected chi connectivity index (χ3v) is 41.3. The molecule has 0 saturated heterocycles. The quantitative estimate of drug-likeness (QED) is 0.0438. The van der Waals surface area contributed by atoms with Gasteiger partial charge in [0.05, 0.1) is 74.2 Å². The molecule has 1 N–H and O–H groups in total. The van der Waals surface area contributed by atoms with Crippen LogP contribution in [0.4, 0.5) is 0 Å². The zero-order valence-corrected chi connectivity index (χ0v) is 78.7. The van der Waals surface area contributed by atoms with Gasteiger partial charge in [0, 0.05) is 98.2 Å². The SMILES string of the molecule is C.C.CCC[CH2][Sn]([CH2]CCC)([CH2]CCC)[c]1c(C)nnn1C.Cc1cc(C)c(CN2CCc3c(Cl)cc(-c4c(C)nnn4C)c(Cl)c3C2=O)c(=O)[nH]1.Cc1cc(C)c(CN2CCc3c(Cl)cc(-c4c(C)nnn4C)c(Cl)c3C2=O)c(OCc2ccccc2)n1.Cc1cc(C)c(CN2CCc3c(Cl)cc(Br)c(Cl)c3C2=O)c(OCc2ccccc2)n1. The van der Waals surface area contributed by atoms with Crippen molar-refractivity contribution in [2.45, 2.75) is 202 Å². The fourth-order valence-electron chi connectivity index (χ4n) is 16.2. The summed E-state index contributed by atoms with van der Waals surface area (Å²) in [7, 11) is 5.67. The second kappa shape index (κ2) is 42.7. The van der Waals surface area contributed by atoms with Crippen molar-refractivity contribution >= 4 is 125 Å². The molecule has 0 bridgehead atoms. The Balaban J connectivity index is 0.000000185. The third kappa shape index (κ3) is 21.7. The molecule has 3 aliphatic heterocycles. The van der Waals surface area contributed by atoms with E-state index >= 15 is 0 Å². The van der Waals surface area contributed by atoms with Crippen LogP contribution in [0, 0.1) is 62.3 Å². The first kappa shape index (κ1) is 95.6. The van der Waals surface area contributed by atoms with Crippen molar-refractivity contribution in [2.24, 2.45) is 21.1 Å². The van der Waals surface area contributed by atoms with E-state index in [1.165, 1.54) is 57.5 Å². The van der Waals surface area contributed by atoms with Crippen molar-refractivity contribution in [2.75, 3.05) is 19.6 Å². The predicted molar refractivity (Wildman–Crippen MR) is 491 cm³/mol. The minimum atomic E-state index is -2.32. The number of nitrogens with zero attached hydrogens (tertiary/aromatic N) is 14. The van der Waals surface area contributed by atoms with E-state index in [2.05, 4.69) is 101 Å². The number of rotatable bonds is 24. The number of aryl methyl sites for hydroxylation is 12. The molecule has 6 aromatic heterocycles. The van der Waals surface area contributed by atoms with Crippen LogP contribution in [-0.2, 0) is 73.3 Å². The molecule has 0 spiro atoms. The predicted octanol–water partition coefficient (Wildman–Crippen LogP) is 21.5. The maximum atomic E-state index is 13.8. The van der Waals surface area contributed by atoms with Crippen molar-refractivity contribution in [3.63, 3.8) is 0 Å². The first-order valence-corrected chi connectivity index (χ1v) is 50.6. The first-order valence-electron chi connectivity index (χ1n) is 40.0. The molecule has 29 heteroatoms. The van der Waals surface area contributed by atoms with Crippen LogP contribution in [0.1, 0.15) is 201 Å². The van der Waals surface area contributed by atoms with Crippen LogP contribution in [0.25, 0.3) is 22.5 Å². The van der Waals surface area contributed by atoms with Gasteiger partial charge >= 0.3 is 129 Å². The van der Waals surface area contributed by atoms with Gasteiger partial charge in [-0.1, -0.05) is 156 Å². The van der Waals surface area contributed by atoms with Crippen molar-refractivity contribution in [3.8, 4) is 34.3 Å². The number of pyridine rings is 3. The zero-order valence-electron chi connectivity index (χ0n) is 69.7. The molecule has 0 atom stereocenters. The molecule has 0 fully saturated rings. The van der Waals surface area contributed by atoms with E-state index in [-0.39, 0.29) is 44.7 Å². The molecule has 3 aliphatic rings. The molecule has 0 unspecified atom stereocenters. The molecule has 9 heterocycles. The Morgan fingerprint density at radius 1 is 0.458 bits per heavy atom. The Morgan fingerprint density at radius 2 is 0.817 bits per heavy atom. The zero-order chi connectivity index (χ0) is 85.1. The molecule has 638 valence electrons. The molecule has 11 aromatic rings. The summed E-state index contributed by atoms with van der Waals surface area (Å²) in [6.45, 7) is 27.7. The second-order valence-corrected chi connectivity index (χ2v) is 47.0. The third-order valence-electron chi connectivity index (χ3n) is 22.2. The molecular formula is C91H110BrCl6N15O6Sn. The summed E-state index contributed by atoms with van der Waals surface area (Å²) in [6, 6.07) is 31.1. The van der Waals surface area contributed by atoms with Gasteiger partial charge in [-0.25, -0.2) is 19.3 Å². The van der Waals surface area contributed by atoms with Crippen LogP contribution in [-0.4, -0.2) is 130 Å². The number of halogens is 7. The van der Waals surface area contributed by atoms with Crippen molar-refractivity contribution in [1.29, 1.82) is 0 Å². The Bertz CT molecular complexity index is 5500. The Kier molecular flexibility index (Phi) is 34.1. The summed E-state index contributed by atoms with van der Waals surface area (Å²) >= 11 is 40.7. The first-order chi connectivity index (χ1) is 56.4. The number of hydrogen-bond acceptors (Lipinski definition) is 14. The Labute approximate surface area is 748 Å². The summed E-state index contributed by atoms with van der Waals surface area (Å²) in [5, 5.41) is 27.6. The Morgan fingerprint density at radius 3 is 1.18 bits per heavy atom. The number of carbonyl (C=O) groups is 3. The van der Waals surface area contributed by atoms with E-state index in [1.54, 1.807) is 60.1 Å². The van der Waals surface area contributed by atoms with Crippen molar-refractivity contribution in [3.05, 3.63) is 254 Å². The minimum absolute atomic E-state index is 0. The number of carbonyl (C=O) groups excluding carboxylic acids is 3. The maximum Gasteiger partial charge on any atom is 0.256 e. The van der Waals surface area contributed by atoms with Gasteiger partial charge in [-0.2, -0.15) is 0 Å². The molecular weight excluding hydrogens is 1810 g/mol. The largest absolute Gasteiger partial charge is 0.473 e. The number of ether oxygens (including phenoxy) is 2.